The van der Waals surface area contributed by atoms with Crippen LogP contribution in [0.4, 0.5) is 11.4 Å². The molecule has 0 aliphatic rings. The number of phenolic OH excluding ortho intramolecular Hbond substituents is 1. The first kappa shape index (κ1) is 14.8. The highest BCUT2D eigenvalue weighted by Gasteiger charge is 2.08. The van der Waals surface area contributed by atoms with E-state index in [4.69, 9.17) is 0 Å². The van der Waals surface area contributed by atoms with Crippen molar-refractivity contribution < 1.29 is 15.1 Å². The van der Waals surface area contributed by atoms with Gasteiger partial charge in [-0.15, -0.1) is 0 Å². The van der Waals surface area contributed by atoms with E-state index in [1.54, 1.807) is 36.4 Å². The van der Waals surface area contributed by atoms with Crippen LogP contribution in [0.1, 0.15) is 5.56 Å². The van der Waals surface area contributed by atoms with E-state index in [2.05, 4.69) is 5.32 Å². The molecule has 0 saturated carbocycles. The van der Waals surface area contributed by atoms with Gasteiger partial charge in [0.2, 0.25) is 0 Å². The first-order chi connectivity index (χ1) is 10.0. The molecule has 21 heavy (non-hydrogen) atoms. The minimum atomic E-state index is -0.631. The molecule has 0 amide bonds. The van der Waals surface area contributed by atoms with Crippen LogP contribution in [0, 0.1) is 10.1 Å². The number of nitro benzene ring substituents is 1. The SMILES string of the molecule is O=[N+]([O-])c1cccc(NCC(O)Cc2ccc(O)cc2)c1. The minimum Gasteiger partial charge on any atom is -0.508 e. The fourth-order valence-corrected chi connectivity index (χ4v) is 1.94. The van der Waals surface area contributed by atoms with Crippen molar-refractivity contribution >= 4 is 11.4 Å². The topological polar surface area (TPSA) is 95.6 Å². The second-order valence-electron chi connectivity index (χ2n) is 4.71. The van der Waals surface area contributed by atoms with Crippen LogP contribution in [0.2, 0.25) is 0 Å². The molecule has 1 atom stereocenters. The van der Waals surface area contributed by atoms with Gasteiger partial charge in [0.15, 0.2) is 0 Å². The summed E-state index contributed by atoms with van der Waals surface area (Å²) in [6.45, 7) is 0.280. The Hall–Kier alpha value is -2.60. The number of aromatic hydroxyl groups is 1. The Morgan fingerprint density at radius 2 is 1.90 bits per heavy atom. The number of anilines is 1. The fourth-order valence-electron chi connectivity index (χ4n) is 1.94. The third-order valence-electron chi connectivity index (χ3n) is 3.01. The molecule has 2 aromatic carbocycles. The molecule has 0 aliphatic carbocycles. The molecule has 110 valence electrons. The number of aliphatic hydroxyl groups is 1. The third kappa shape index (κ3) is 4.47. The maximum Gasteiger partial charge on any atom is 0.271 e. The predicted octanol–water partition coefficient (Wildman–Crippen LogP) is 2.32. The molecule has 0 aromatic heterocycles. The van der Waals surface area contributed by atoms with E-state index in [0.717, 1.165) is 5.56 Å². The molecule has 0 bridgehead atoms. The average molecular weight is 288 g/mol. The maximum atomic E-state index is 10.7. The van der Waals surface area contributed by atoms with Gasteiger partial charge in [0.05, 0.1) is 11.0 Å². The largest absolute Gasteiger partial charge is 0.508 e. The molecule has 0 spiro atoms. The summed E-state index contributed by atoms with van der Waals surface area (Å²) in [5.74, 6) is 0.183. The number of phenols is 1. The normalized spacial score (nSPS) is 11.9. The summed E-state index contributed by atoms with van der Waals surface area (Å²) < 4.78 is 0. The van der Waals surface area contributed by atoms with Crippen molar-refractivity contribution in [3.63, 3.8) is 0 Å². The summed E-state index contributed by atoms with van der Waals surface area (Å²) in [7, 11) is 0. The maximum absolute atomic E-state index is 10.7. The molecule has 3 N–H and O–H groups in total. The molecule has 1 unspecified atom stereocenters. The van der Waals surface area contributed by atoms with Gasteiger partial charge in [0.1, 0.15) is 5.75 Å². The number of nitro groups is 1. The van der Waals surface area contributed by atoms with Crippen molar-refractivity contribution in [3.05, 3.63) is 64.2 Å². The van der Waals surface area contributed by atoms with Gasteiger partial charge in [-0.3, -0.25) is 10.1 Å². The molecule has 0 aliphatic heterocycles. The number of benzene rings is 2. The van der Waals surface area contributed by atoms with Gasteiger partial charge >= 0.3 is 0 Å². The Morgan fingerprint density at radius 3 is 2.57 bits per heavy atom. The zero-order valence-corrected chi connectivity index (χ0v) is 11.3. The highest BCUT2D eigenvalue weighted by Crippen LogP contribution is 2.17. The summed E-state index contributed by atoms with van der Waals surface area (Å²) in [5.41, 5.74) is 1.50. The number of hydrogen-bond acceptors (Lipinski definition) is 5. The van der Waals surface area contributed by atoms with E-state index in [1.165, 1.54) is 12.1 Å². The van der Waals surface area contributed by atoms with Crippen molar-refractivity contribution in [3.8, 4) is 5.75 Å². The van der Waals surface area contributed by atoms with Crippen LogP contribution in [0.5, 0.6) is 5.75 Å². The van der Waals surface area contributed by atoms with Crippen LogP contribution in [0.3, 0.4) is 0 Å². The van der Waals surface area contributed by atoms with Gasteiger partial charge in [-0.05, 0) is 23.8 Å². The second-order valence-corrected chi connectivity index (χ2v) is 4.71. The molecule has 0 radical (unpaired) electrons. The van der Waals surface area contributed by atoms with Crippen molar-refractivity contribution in [2.75, 3.05) is 11.9 Å². The number of aliphatic hydroxyl groups excluding tert-OH is 1. The van der Waals surface area contributed by atoms with Gasteiger partial charge in [-0.25, -0.2) is 0 Å². The van der Waals surface area contributed by atoms with Gasteiger partial charge in [-0.2, -0.15) is 0 Å². The Bertz CT molecular complexity index is 613. The van der Waals surface area contributed by atoms with E-state index >= 15 is 0 Å². The predicted molar refractivity (Wildman–Crippen MR) is 79.4 cm³/mol. The lowest BCUT2D eigenvalue weighted by atomic mass is 10.1. The molecule has 0 fully saturated rings. The van der Waals surface area contributed by atoms with E-state index in [0.29, 0.717) is 12.1 Å². The number of rotatable bonds is 6. The molecule has 2 aromatic rings. The molecular weight excluding hydrogens is 272 g/mol. The summed E-state index contributed by atoms with van der Waals surface area (Å²) >= 11 is 0. The zero-order chi connectivity index (χ0) is 15.2. The molecular formula is C15H16N2O4. The smallest absolute Gasteiger partial charge is 0.271 e. The van der Waals surface area contributed by atoms with E-state index in [-0.39, 0.29) is 18.0 Å². The first-order valence-electron chi connectivity index (χ1n) is 6.49. The van der Waals surface area contributed by atoms with Gasteiger partial charge < -0.3 is 15.5 Å². The lowest BCUT2D eigenvalue weighted by Crippen LogP contribution is -2.21. The van der Waals surface area contributed by atoms with Crippen LogP contribution in [-0.4, -0.2) is 27.8 Å². The molecule has 6 heteroatoms. The van der Waals surface area contributed by atoms with Crippen molar-refractivity contribution in [2.24, 2.45) is 0 Å². The van der Waals surface area contributed by atoms with Crippen molar-refractivity contribution in [1.82, 2.24) is 0 Å². The summed E-state index contributed by atoms with van der Waals surface area (Å²) in [6, 6.07) is 12.8. The summed E-state index contributed by atoms with van der Waals surface area (Å²) in [5, 5.41) is 32.8. The summed E-state index contributed by atoms with van der Waals surface area (Å²) in [4.78, 5) is 10.2. The lowest BCUT2D eigenvalue weighted by molar-refractivity contribution is -0.384. The Balaban J connectivity index is 1.89. The highest BCUT2D eigenvalue weighted by molar-refractivity contribution is 5.51. The van der Waals surface area contributed by atoms with Crippen LogP contribution in [-0.2, 0) is 6.42 Å². The second kappa shape index (κ2) is 6.71. The van der Waals surface area contributed by atoms with Gasteiger partial charge in [-0.1, -0.05) is 18.2 Å². The minimum absolute atomic E-state index is 0.00743. The number of hydrogen-bond donors (Lipinski definition) is 3. The molecule has 0 saturated heterocycles. The Kier molecular flexibility index (Phi) is 4.73. The van der Waals surface area contributed by atoms with E-state index in [1.807, 2.05) is 0 Å². The van der Waals surface area contributed by atoms with Crippen molar-refractivity contribution in [2.45, 2.75) is 12.5 Å². The standard InChI is InChI=1S/C15H16N2O4/c18-14-6-4-11(5-7-14)8-15(19)10-16-12-2-1-3-13(9-12)17(20)21/h1-7,9,15-16,18-19H,8,10H2. The monoisotopic (exact) mass is 288 g/mol. The van der Waals surface area contributed by atoms with Crippen LogP contribution >= 0.6 is 0 Å². The molecule has 6 nitrogen and oxygen atoms in total. The Labute approximate surface area is 121 Å². The number of non-ortho nitro benzene ring substituents is 1. The van der Waals surface area contributed by atoms with Crippen LogP contribution in [0.15, 0.2) is 48.5 Å². The van der Waals surface area contributed by atoms with E-state index < -0.39 is 11.0 Å². The first-order valence-corrected chi connectivity index (χ1v) is 6.49. The molecule has 0 heterocycles. The quantitative estimate of drug-likeness (QED) is 0.560. The lowest BCUT2D eigenvalue weighted by Gasteiger charge is -2.13. The average Bonchev–Trinajstić information content (AvgIpc) is 2.48. The van der Waals surface area contributed by atoms with Crippen LogP contribution in [0.25, 0.3) is 0 Å². The highest BCUT2D eigenvalue weighted by atomic mass is 16.6. The summed E-state index contributed by atoms with van der Waals surface area (Å²) in [6.07, 6.45) is -0.198. The van der Waals surface area contributed by atoms with Gasteiger partial charge in [0.25, 0.3) is 5.69 Å². The fraction of sp³-hybridized carbons (Fsp3) is 0.200. The Morgan fingerprint density at radius 1 is 1.19 bits per heavy atom. The number of nitrogens with zero attached hydrogens (tertiary/aromatic N) is 1. The van der Waals surface area contributed by atoms with E-state index in [9.17, 15) is 20.3 Å². The molecule has 2 rings (SSSR count). The van der Waals surface area contributed by atoms with Crippen molar-refractivity contribution in [1.29, 1.82) is 0 Å². The van der Waals surface area contributed by atoms with Gasteiger partial charge in [0, 0.05) is 30.8 Å². The third-order valence-corrected chi connectivity index (χ3v) is 3.01. The number of nitrogens with one attached hydrogen (secondary N) is 1. The zero-order valence-electron chi connectivity index (χ0n) is 11.3. The van der Waals surface area contributed by atoms with Crippen LogP contribution < -0.4 is 5.32 Å².